The van der Waals surface area contributed by atoms with Crippen LogP contribution in [0.1, 0.15) is 25.8 Å². The minimum absolute atomic E-state index is 0.000671. The fourth-order valence-electron chi connectivity index (χ4n) is 1.56. The van der Waals surface area contributed by atoms with Crippen molar-refractivity contribution < 1.29 is 14.3 Å². The van der Waals surface area contributed by atoms with Crippen LogP contribution in [0.25, 0.3) is 6.08 Å². The van der Waals surface area contributed by atoms with E-state index in [2.05, 4.69) is 5.32 Å². The van der Waals surface area contributed by atoms with Gasteiger partial charge >= 0.3 is 0 Å². The molecule has 0 aliphatic carbocycles. The zero-order valence-corrected chi connectivity index (χ0v) is 11.7. The number of allylic oxidation sites excluding steroid dienone is 1. The summed E-state index contributed by atoms with van der Waals surface area (Å²) in [5.41, 5.74) is 1.03. The molecule has 1 N–H and O–H groups in total. The van der Waals surface area contributed by atoms with E-state index in [4.69, 9.17) is 9.47 Å². The number of nitrogens with one attached hydrogen (secondary N) is 1. The van der Waals surface area contributed by atoms with Gasteiger partial charge in [0.15, 0.2) is 18.1 Å². The van der Waals surface area contributed by atoms with Crippen molar-refractivity contribution in [1.82, 2.24) is 5.32 Å². The van der Waals surface area contributed by atoms with Crippen LogP contribution in [0.3, 0.4) is 0 Å². The molecule has 0 unspecified atom stereocenters. The lowest BCUT2D eigenvalue weighted by Crippen LogP contribution is -2.29. The fourth-order valence-corrected chi connectivity index (χ4v) is 1.56. The van der Waals surface area contributed by atoms with Crippen LogP contribution in [0.4, 0.5) is 0 Å². The van der Waals surface area contributed by atoms with E-state index in [-0.39, 0.29) is 12.5 Å². The molecule has 19 heavy (non-hydrogen) atoms. The average molecular weight is 263 g/mol. The predicted octanol–water partition coefficient (Wildman–Crippen LogP) is 2.63. The smallest absolute Gasteiger partial charge is 0.257 e. The highest BCUT2D eigenvalue weighted by atomic mass is 16.5. The molecule has 0 saturated heterocycles. The van der Waals surface area contributed by atoms with Crippen LogP contribution in [0.5, 0.6) is 11.5 Å². The Bertz CT molecular complexity index is 441. The van der Waals surface area contributed by atoms with Gasteiger partial charge in [0.2, 0.25) is 0 Å². The summed E-state index contributed by atoms with van der Waals surface area (Å²) in [6.07, 6.45) is 4.83. The van der Waals surface area contributed by atoms with Gasteiger partial charge in [0.1, 0.15) is 0 Å². The second kappa shape index (κ2) is 8.19. The first-order chi connectivity index (χ1) is 9.21. The first-order valence-corrected chi connectivity index (χ1v) is 6.41. The molecular weight excluding hydrogens is 242 g/mol. The highest BCUT2D eigenvalue weighted by Gasteiger charge is 2.07. The molecule has 1 aromatic carbocycles. The minimum Gasteiger partial charge on any atom is -0.493 e. The zero-order valence-electron chi connectivity index (χ0n) is 11.7. The van der Waals surface area contributed by atoms with Crippen LogP contribution in [0, 0.1) is 0 Å². The summed E-state index contributed by atoms with van der Waals surface area (Å²) in [4.78, 5) is 11.5. The van der Waals surface area contributed by atoms with Gasteiger partial charge < -0.3 is 14.8 Å². The van der Waals surface area contributed by atoms with Gasteiger partial charge in [0, 0.05) is 6.54 Å². The van der Waals surface area contributed by atoms with E-state index >= 15 is 0 Å². The summed E-state index contributed by atoms with van der Waals surface area (Å²) in [6.45, 7) is 4.62. The van der Waals surface area contributed by atoms with Crippen molar-refractivity contribution in [3.05, 3.63) is 29.8 Å². The van der Waals surface area contributed by atoms with E-state index in [0.29, 0.717) is 18.0 Å². The van der Waals surface area contributed by atoms with E-state index in [9.17, 15) is 4.79 Å². The second-order valence-corrected chi connectivity index (χ2v) is 4.05. The van der Waals surface area contributed by atoms with E-state index < -0.39 is 0 Å². The lowest BCUT2D eigenvalue weighted by Gasteiger charge is -2.11. The first kappa shape index (κ1) is 15.1. The fraction of sp³-hybridized carbons (Fsp3) is 0.400. The van der Waals surface area contributed by atoms with Crippen molar-refractivity contribution in [3.63, 3.8) is 0 Å². The normalized spacial score (nSPS) is 10.5. The maximum atomic E-state index is 11.5. The van der Waals surface area contributed by atoms with E-state index in [0.717, 1.165) is 12.0 Å². The molecule has 0 bridgehead atoms. The summed E-state index contributed by atoms with van der Waals surface area (Å²) in [6, 6.07) is 5.60. The number of rotatable bonds is 7. The number of amides is 1. The molecule has 1 aromatic rings. The lowest BCUT2D eigenvalue weighted by molar-refractivity contribution is -0.123. The van der Waals surface area contributed by atoms with Crippen LogP contribution in [-0.4, -0.2) is 26.2 Å². The molecule has 0 fully saturated rings. The van der Waals surface area contributed by atoms with Crippen LogP contribution in [-0.2, 0) is 4.79 Å². The van der Waals surface area contributed by atoms with E-state index in [1.165, 1.54) is 0 Å². The molecule has 104 valence electrons. The molecule has 0 atom stereocenters. The molecule has 0 radical (unpaired) electrons. The first-order valence-electron chi connectivity index (χ1n) is 6.41. The Kier molecular flexibility index (Phi) is 6.50. The Morgan fingerprint density at radius 2 is 2.16 bits per heavy atom. The summed E-state index contributed by atoms with van der Waals surface area (Å²) in [5.74, 6) is 1.07. The maximum absolute atomic E-state index is 11.5. The standard InChI is InChI=1S/C15H21NO3/c1-4-6-12-7-8-13(14(10-12)18-3)19-11-15(17)16-9-5-2/h4,6-8,10H,5,9,11H2,1-3H3,(H,16,17). The molecular formula is C15H21NO3. The minimum atomic E-state index is -0.124. The SMILES string of the molecule is CC=Cc1ccc(OCC(=O)NCCC)c(OC)c1. The predicted molar refractivity (Wildman–Crippen MR) is 76.5 cm³/mol. The molecule has 0 aliphatic rings. The van der Waals surface area contributed by atoms with Crippen LogP contribution in [0.2, 0.25) is 0 Å². The second-order valence-electron chi connectivity index (χ2n) is 4.05. The third-order valence-corrected chi connectivity index (χ3v) is 2.48. The average Bonchev–Trinajstić information content (AvgIpc) is 2.43. The Morgan fingerprint density at radius 1 is 1.37 bits per heavy atom. The Balaban J connectivity index is 2.65. The summed E-state index contributed by atoms with van der Waals surface area (Å²) in [7, 11) is 1.58. The monoisotopic (exact) mass is 263 g/mol. The van der Waals surface area contributed by atoms with Crippen molar-refractivity contribution in [1.29, 1.82) is 0 Å². The van der Waals surface area contributed by atoms with Gasteiger partial charge in [-0.3, -0.25) is 4.79 Å². The van der Waals surface area contributed by atoms with Gasteiger partial charge in [0.05, 0.1) is 7.11 Å². The summed E-state index contributed by atoms with van der Waals surface area (Å²) in [5, 5.41) is 2.76. The number of hydrogen-bond donors (Lipinski definition) is 1. The third kappa shape index (κ3) is 5.04. The lowest BCUT2D eigenvalue weighted by atomic mass is 10.2. The van der Waals surface area contributed by atoms with Crippen molar-refractivity contribution >= 4 is 12.0 Å². The topological polar surface area (TPSA) is 47.6 Å². The molecule has 4 heteroatoms. The maximum Gasteiger partial charge on any atom is 0.257 e. The molecule has 0 heterocycles. The van der Waals surface area contributed by atoms with Crippen molar-refractivity contribution in [2.45, 2.75) is 20.3 Å². The number of hydrogen-bond acceptors (Lipinski definition) is 3. The largest absolute Gasteiger partial charge is 0.493 e. The number of ether oxygens (including phenoxy) is 2. The van der Waals surface area contributed by atoms with E-state index in [1.54, 1.807) is 13.2 Å². The quantitative estimate of drug-likeness (QED) is 0.822. The van der Waals surface area contributed by atoms with E-state index in [1.807, 2.05) is 38.1 Å². The van der Waals surface area contributed by atoms with Crippen molar-refractivity contribution in [2.24, 2.45) is 0 Å². The third-order valence-electron chi connectivity index (χ3n) is 2.48. The van der Waals surface area contributed by atoms with Gasteiger partial charge in [-0.25, -0.2) is 0 Å². The van der Waals surface area contributed by atoms with Gasteiger partial charge in [-0.15, -0.1) is 0 Å². The zero-order chi connectivity index (χ0) is 14.1. The summed E-state index contributed by atoms with van der Waals surface area (Å²) >= 11 is 0. The Morgan fingerprint density at radius 3 is 2.79 bits per heavy atom. The van der Waals surface area contributed by atoms with Crippen LogP contribution < -0.4 is 14.8 Å². The number of benzene rings is 1. The molecule has 1 amide bonds. The van der Waals surface area contributed by atoms with Crippen LogP contribution in [0.15, 0.2) is 24.3 Å². The molecule has 1 rings (SSSR count). The van der Waals surface area contributed by atoms with Crippen LogP contribution >= 0.6 is 0 Å². The summed E-state index contributed by atoms with van der Waals surface area (Å²) < 4.78 is 10.7. The van der Waals surface area contributed by atoms with Gasteiger partial charge in [0.25, 0.3) is 5.91 Å². The van der Waals surface area contributed by atoms with Gasteiger partial charge in [-0.1, -0.05) is 25.1 Å². The molecule has 0 spiro atoms. The Hall–Kier alpha value is -1.97. The Labute approximate surface area is 114 Å². The highest BCUT2D eigenvalue weighted by molar-refractivity contribution is 5.77. The number of carbonyl (C=O) groups excluding carboxylic acids is 1. The molecule has 4 nitrogen and oxygen atoms in total. The number of methoxy groups -OCH3 is 1. The highest BCUT2D eigenvalue weighted by Crippen LogP contribution is 2.28. The molecule has 0 aromatic heterocycles. The number of carbonyl (C=O) groups is 1. The van der Waals surface area contributed by atoms with Crippen molar-refractivity contribution in [3.8, 4) is 11.5 Å². The van der Waals surface area contributed by atoms with Gasteiger partial charge in [-0.05, 0) is 31.0 Å². The molecule has 0 saturated carbocycles. The van der Waals surface area contributed by atoms with Crippen molar-refractivity contribution in [2.75, 3.05) is 20.3 Å². The molecule has 0 aliphatic heterocycles. The van der Waals surface area contributed by atoms with Gasteiger partial charge in [-0.2, -0.15) is 0 Å².